The number of hydrogen-bond donors (Lipinski definition) is 2. The average molecular weight is 463 g/mol. The summed E-state index contributed by atoms with van der Waals surface area (Å²) >= 11 is 0. The SMILES string of the molecule is Cc1noc(C)c1COc1ccccc1C(=O)OCC(=O)Nc1ccccc1C(=O)NC1CC1. The lowest BCUT2D eigenvalue weighted by Crippen LogP contribution is -2.28. The molecule has 2 aromatic carbocycles. The summed E-state index contributed by atoms with van der Waals surface area (Å²) in [5, 5.41) is 9.42. The van der Waals surface area contributed by atoms with Crippen LogP contribution in [-0.2, 0) is 16.1 Å². The Bertz CT molecular complexity index is 1200. The van der Waals surface area contributed by atoms with E-state index >= 15 is 0 Å². The predicted octanol–water partition coefficient (Wildman–Crippen LogP) is 3.56. The molecule has 1 aromatic heterocycles. The molecule has 2 amide bonds. The van der Waals surface area contributed by atoms with Crippen molar-refractivity contribution in [3.05, 3.63) is 76.7 Å². The molecule has 0 bridgehead atoms. The van der Waals surface area contributed by atoms with Gasteiger partial charge in [-0.15, -0.1) is 0 Å². The van der Waals surface area contributed by atoms with E-state index in [0.29, 0.717) is 28.5 Å². The lowest BCUT2D eigenvalue weighted by molar-refractivity contribution is -0.119. The van der Waals surface area contributed by atoms with Crippen molar-refractivity contribution in [1.29, 1.82) is 0 Å². The lowest BCUT2D eigenvalue weighted by Gasteiger charge is -2.13. The number of aromatic nitrogens is 1. The molecule has 0 unspecified atom stereocenters. The van der Waals surface area contributed by atoms with Crippen LogP contribution < -0.4 is 15.4 Å². The highest BCUT2D eigenvalue weighted by Crippen LogP contribution is 2.23. The van der Waals surface area contributed by atoms with Gasteiger partial charge >= 0.3 is 5.97 Å². The zero-order valence-electron chi connectivity index (χ0n) is 18.9. The molecule has 1 heterocycles. The number of para-hydroxylation sites is 2. The van der Waals surface area contributed by atoms with E-state index in [1.165, 1.54) is 0 Å². The first-order valence-corrected chi connectivity index (χ1v) is 10.9. The fourth-order valence-corrected chi connectivity index (χ4v) is 3.30. The van der Waals surface area contributed by atoms with Crippen LogP contribution in [0.25, 0.3) is 0 Å². The number of rotatable bonds is 9. The summed E-state index contributed by atoms with van der Waals surface area (Å²) in [7, 11) is 0. The summed E-state index contributed by atoms with van der Waals surface area (Å²) in [6, 6.07) is 13.5. The third-order valence-corrected chi connectivity index (χ3v) is 5.35. The molecule has 176 valence electrons. The van der Waals surface area contributed by atoms with Crippen LogP contribution in [0.1, 0.15) is 50.6 Å². The normalized spacial score (nSPS) is 12.6. The third-order valence-electron chi connectivity index (χ3n) is 5.35. The van der Waals surface area contributed by atoms with E-state index in [9.17, 15) is 14.4 Å². The standard InChI is InChI=1S/C25H25N3O6/c1-15-20(16(2)34-28-15)13-32-22-10-6-4-8-19(22)25(31)33-14-23(29)27-21-9-5-3-7-18(21)24(30)26-17-11-12-17/h3-10,17H,11-14H2,1-2H3,(H,26,30)(H,27,29). The maximum Gasteiger partial charge on any atom is 0.342 e. The number of aryl methyl sites for hydroxylation is 2. The van der Waals surface area contributed by atoms with Gasteiger partial charge in [0.05, 0.1) is 22.5 Å². The smallest absolute Gasteiger partial charge is 0.342 e. The molecule has 4 rings (SSSR count). The summed E-state index contributed by atoms with van der Waals surface area (Å²) in [6.07, 6.45) is 1.92. The van der Waals surface area contributed by atoms with Crippen LogP contribution in [0.5, 0.6) is 5.75 Å². The van der Waals surface area contributed by atoms with Crippen molar-refractivity contribution in [3.63, 3.8) is 0 Å². The molecule has 34 heavy (non-hydrogen) atoms. The molecule has 9 heteroatoms. The topological polar surface area (TPSA) is 120 Å². The van der Waals surface area contributed by atoms with Gasteiger partial charge in [0, 0.05) is 6.04 Å². The van der Waals surface area contributed by atoms with Crippen molar-refractivity contribution < 1.29 is 28.4 Å². The Morgan fingerprint density at radius 1 is 1.03 bits per heavy atom. The number of esters is 1. The van der Waals surface area contributed by atoms with Gasteiger partial charge < -0.3 is 24.6 Å². The molecule has 2 N–H and O–H groups in total. The molecule has 3 aromatic rings. The van der Waals surface area contributed by atoms with Crippen LogP contribution in [0.15, 0.2) is 53.1 Å². The van der Waals surface area contributed by atoms with Crippen LogP contribution in [0.4, 0.5) is 5.69 Å². The van der Waals surface area contributed by atoms with Gasteiger partial charge in [0.1, 0.15) is 23.7 Å². The Hall–Kier alpha value is -4.14. The zero-order valence-corrected chi connectivity index (χ0v) is 18.9. The second-order valence-electron chi connectivity index (χ2n) is 8.01. The molecular formula is C25H25N3O6. The summed E-state index contributed by atoms with van der Waals surface area (Å²) < 4.78 is 16.1. The number of anilines is 1. The minimum Gasteiger partial charge on any atom is -0.488 e. The monoisotopic (exact) mass is 463 g/mol. The number of amides is 2. The Morgan fingerprint density at radius 2 is 1.74 bits per heavy atom. The van der Waals surface area contributed by atoms with Crippen LogP contribution in [0.3, 0.4) is 0 Å². The van der Waals surface area contributed by atoms with Gasteiger partial charge in [0.15, 0.2) is 6.61 Å². The van der Waals surface area contributed by atoms with Crippen molar-refractivity contribution in [2.75, 3.05) is 11.9 Å². The minimum absolute atomic E-state index is 0.172. The average Bonchev–Trinajstić information content (AvgIpc) is 3.59. The van der Waals surface area contributed by atoms with Crippen LogP contribution in [0.2, 0.25) is 0 Å². The first-order valence-electron chi connectivity index (χ1n) is 10.9. The van der Waals surface area contributed by atoms with E-state index < -0.39 is 18.5 Å². The largest absolute Gasteiger partial charge is 0.488 e. The van der Waals surface area contributed by atoms with Crippen molar-refractivity contribution in [2.24, 2.45) is 0 Å². The van der Waals surface area contributed by atoms with Crippen molar-refractivity contribution >= 4 is 23.5 Å². The molecule has 1 fully saturated rings. The molecule has 0 aliphatic heterocycles. The van der Waals surface area contributed by atoms with E-state index in [4.69, 9.17) is 14.0 Å². The highest BCUT2D eigenvalue weighted by Gasteiger charge is 2.25. The molecular weight excluding hydrogens is 438 g/mol. The first kappa shape index (κ1) is 23.0. The summed E-state index contributed by atoms with van der Waals surface area (Å²) in [5.74, 6) is -0.562. The van der Waals surface area contributed by atoms with Gasteiger partial charge in [-0.1, -0.05) is 29.4 Å². The van der Waals surface area contributed by atoms with E-state index in [1.807, 2.05) is 6.92 Å². The van der Waals surface area contributed by atoms with Gasteiger partial charge in [-0.05, 0) is 51.0 Å². The van der Waals surface area contributed by atoms with Gasteiger partial charge in [0.2, 0.25) is 0 Å². The van der Waals surface area contributed by atoms with Gasteiger partial charge in [-0.3, -0.25) is 9.59 Å². The first-order chi connectivity index (χ1) is 16.4. The number of carbonyl (C=O) groups is 3. The molecule has 1 saturated carbocycles. The maximum absolute atomic E-state index is 12.6. The van der Waals surface area contributed by atoms with E-state index in [2.05, 4.69) is 15.8 Å². The Balaban J connectivity index is 1.35. The number of hydrogen-bond acceptors (Lipinski definition) is 7. The van der Waals surface area contributed by atoms with E-state index in [1.54, 1.807) is 55.5 Å². The van der Waals surface area contributed by atoms with Crippen LogP contribution in [0, 0.1) is 13.8 Å². The fourth-order valence-electron chi connectivity index (χ4n) is 3.30. The highest BCUT2D eigenvalue weighted by molar-refractivity contribution is 6.04. The molecule has 0 radical (unpaired) electrons. The van der Waals surface area contributed by atoms with Gasteiger partial charge in [-0.2, -0.15) is 0 Å². The fraction of sp³-hybridized carbons (Fsp3) is 0.280. The maximum atomic E-state index is 12.6. The van der Waals surface area contributed by atoms with Crippen molar-refractivity contribution in [1.82, 2.24) is 10.5 Å². The number of benzene rings is 2. The van der Waals surface area contributed by atoms with E-state index in [0.717, 1.165) is 18.4 Å². The molecule has 1 aliphatic carbocycles. The molecule has 9 nitrogen and oxygen atoms in total. The Morgan fingerprint density at radius 3 is 2.44 bits per heavy atom. The quantitative estimate of drug-likeness (QED) is 0.466. The number of nitrogens with one attached hydrogen (secondary N) is 2. The third kappa shape index (κ3) is 5.61. The molecule has 0 saturated heterocycles. The van der Waals surface area contributed by atoms with Gasteiger partial charge in [0.25, 0.3) is 11.8 Å². The number of ether oxygens (including phenoxy) is 2. The van der Waals surface area contributed by atoms with Crippen molar-refractivity contribution in [3.8, 4) is 5.75 Å². The molecule has 0 spiro atoms. The Kier molecular flexibility index (Phi) is 6.91. The van der Waals surface area contributed by atoms with E-state index in [-0.39, 0.29) is 24.1 Å². The second-order valence-corrected chi connectivity index (χ2v) is 8.01. The summed E-state index contributed by atoms with van der Waals surface area (Å²) in [6.45, 7) is 3.24. The second kappa shape index (κ2) is 10.2. The molecule has 1 aliphatic rings. The van der Waals surface area contributed by atoms with Crippen LogP contribution in [-0.4, -0.2) is 35.6 Å². The van der Waals surface area contributed by atoms with Gasteiger partial charge in [-0.25, -0.2) is 4.79 Å². The Labute approximate surface area is 196 Å². The summed E-state index contributed by atoms with van der Waals surface area (Å²) in [4.78, 5) is 37.5. The molecule has 0 atom stereocenters. The van der Waals surface area contributed by atoms with Crippen molar-refractivity contribution in [2.45, 2.75) is 39.3 Å². The predicted molar refractivity (Wildman–Crippen MR) is 123 cm³/mol. The number of nitrogens with zero attached hydrogens (tertiary/aromatic N) is 1. The summed E-state index contributed by atoms with van der Waals surface area (Å²) in [5.41, 5.74) is 2.40. The lowest BCUT2D eigenvalue weighted by atomic mass is 10.1. The zero-order chi connectivity index (χ0) is 24.1. The highest BCUT2D eigenvalue weighted by atomic mass is 16.5. The minimum atomic E-state index is -0.704. The van der Waals surface area contributed by atoms with Crippen LogP contribution >= 0.6 is 0 Å². The number of carbonyl (C=O) groups excluding carboxylic acids is 3.